The minimum atomic E-state index is -2.73. The van der Waals surface area contributed by atoms with E-state index in [0.29, 0.717) is 11.3 Å². The van der Waals surface area contributed by atoms with Crippen LogP contribution in [0.2, 0.25) is 0 Å². The first-order valence-corrected chi connectivity index (χ1v) is 12.4. The lowest BCUT2D eigenvalue weighted by atomic mass is 9.57. The van der Waals surface area contributed by atoms with Crippen LogP contribution in [0, 0.1) is 11.8 Å². The molecule has 1 aromatic carbocycles. The number of likely N-dealkylation sites (N-methyl/N-ethyl adjacent to an activating group) is 1. The van der Waals surface area contributed by atoms with Gasteiger partial charge in [0.05, 0.1) is 24.4 Å². The Balaban J connectivity index is 1.93. The topological polar surface area (TPSA) is 215 Å². The van der Waals surface area contributed by atoms with Gasteiger partial charge in [0.15, 0.2) is 11.4 Å². The van der Waals surface area contributed by atoms with Crippen molar-refractivity contribution in [3.63, 3.8) is 0 Å². The maximum atomic E-state index is 14.0. The first kappa shape index (κ1) is 29.0. The molecule has 0 heterocycles. The van der Waals surface area contributed by atoms with Crippen LogP contribution < -0.4 is 21.4 Å². The van der Waals surface area contributed by atoms with E-state index >= 15 is 0 Å². The molecule has 0 radical (unpaired) electrons. The number of aliphatic hydroxyl groups excluding tert-OH is 2. The number of amides is 2. The lowest BCUT2D eigenvalue weighted by Gasteiger charge is -2.50. The monoisotopic (exact) mass is 559 g/mol. The summed E-state index contributed by atoms with van der Waals surface area (Å²) in [6.07, 6.45) is 0.0929. The molecule has 0 spiro atoms. The number of fused-ring (bicyclic) bond motifs is 3. The maximum Gasteiger partial charge on any atom is 0.255 e. The zero-order valence-electron chi connectivity index (χ0n) is 22.7. The van der Waals surface area contributed by atoms with Gasteiger partial charge in [0.25, 0.3) is 5.91 Å². The van der Waals surface area contributed by atoms with Gasteiger partial charge in [-0.25, -0.2) is 0 Å². The van der Waals surface area contributed by atoms with E-state index in [0.717, 1.165) is 0 Å². The van der Waals surface area contributed by atoms with Crippen LogP contribution in [-0.4, -0.2) is 102 Å². The standard InChI is InChI=1S/C26H33N5O9/c1-30(2)14-8-13(29-15(32)9-28-40-5)20(33)17-11(14)6-10-7-12-19(31(3)4)22(35)18(25(27)38)24(37)26(12,39)23(36)16(10)21(17)34/h8,10,12,19,28,33-34,37,39H,6-7,9H2,1-5H3,(H2,27,38)(H,29,32)/t10?,12?,19-,26-/m0/s1. The van der Waals surface area contributed by atoms with Gasteiger partial charge < -0.3 is 41.2 Å². The summed E-state index contributed by atoms with van der Waals surface area (Å²) in [5, 5.41) is 47.8. The zero-order valence-corrected chi connectivity index (χ0v) is 22.7. The number of phenolic OH excluding ortho intramolecular Hbond substituents is 1. The molecule has 8 N–H and O–H groups in total. The Bertz CT molecular complexity index is 1380. The molecule has 3 aliphatic rings. The van der Waals surface area contributed by atoms with Gasteiger partial charge in [0.2, 0.25) is 11.7 Å². The molecule has 216 valence electrons. The molecule has 14 heteroatoms. The summed E-state index contributed by atoms with van der Waals surface area (Å²) in [7, 11) is 7.85. The molecule has 4 rings (SSSR count). The predicted octanol–water partition coefficient (Wildman–Crippen LogP) is -0.880. The van der Waals surface area contributed by atoms with Crippen molar-refractivity contribution >= 4 is 40.5 Å². The molecule has 0 saturated heterocycles. The molecule has 4 atom stereocenters. The van der Waals surface area contributed by atoms with Crippen molar-refractivity contribution in [3.05, 3.63) is 34.1 Å². The highest BCUT2D eigenvalue weighted by Gasteiger charge is 2.64. The largest absolute Gasteiger partial charge is 0.508 e. The number of nitrogens with zero attached hydrogens (tertiary/aromatic N) is 2. The Labute approximate surface area is 229 Å². The third-order valence-electron chi connectivity index (χ3n) is 7.83. The number of rotatable bonds is 7. The first-order valence-electron chi connectivity index (χ1n) is 12.4. The second-order valence-corrected chi connectivity index (χ2v) is 10.6. The average Bonchev–Trinajstić information content (AvgIpc) is 2.85. The number of hydrogen-bond acceptors (Lipinski definition) is 12. The fourth-order valence-electron chi connectivity index (χ4n) is 6.12. The Morgan fingerprint density at radius 2 is 1.82 bits per heavy atom. The molecule has 40 heavy (non-hydrogen) atoms. The van der Waals surface area contributed by atoms with Gasteiger partial charge in [-0.05, 0) is 44.5 Å². The molecule has 0 aromatic heterocycles. The van der Waals surface area contributed by atoms with Gasteiger partial charge in [-0.3, -0.25) is 24.1 Å². The van der Waals surface area contributed by atoms with Crippen molar-refractivity contribution in [1.29, 1.82) is 0 Å². The number of primary amides is 1. The number of nitrogens with one attached hydrogen (secondary N) is 2. The number of carbonyl (C=O) groups excluding carboxylic acids is 4. The van der Waals surface area contributed by atoms with E-state index in [2.05, 4.69) is 15.6 Å². The second-order valence-electron chi connectivity index (χ2n) is 10.6. The number of nitrogens with two attached hydrogens (primary N) is 1. The van der Waals surface area contributed by atoms with Crippen molar-refractivity contribution in [2.24, 2.45) is 17.6 Å². The van der Waals surface area contributed by atoms with E-state index in [9.17, 15) is 39.6 Å². The van der Waals surface area contributed by atoms with Crippen LogP contribution in [0.25, 0.3) is 5.76 Å². The van der Waals surface area contributed by atoms with Gasteiger partial charge >= 0.3 is 0 Å². The number of carbonyl (C=O) groups is 4. The molecule has 3 aliphatic carbocycles. The molecule has 1 saturated carbocycles. The molecule has 1 fully saturated rings. The van der Waals surface area contributed by atoms with Crippen LogP contribution in [0.4, 0.5) is 11.4 Å². The lowest BCUT2D eigenvalue weighted by molar-refractivity contribution is -0.153. The number of anilines is 2. The fourth-order valence-corrected chi connectivity index (χ4v) is 6.12. The Morgan fingerprint density at radius 1 is 1.18 bits per heavy atom. The minimum absolute atomic E-state index is 0.0272. The maximum absolute atomic E-state index is 14.0. The number of ketones is 2. The van der Waals surface area contributed by atoms with E-state index in [1.54, 1.807) is 19.0 Å². The number of hydroxylamine groups is 1. The SMILES string of the molecule is CONCC(=O)Nc1cc(N(C)C)c2c(c1O)C(O)=C1C(=O)[C@]3(O)C(O)=C(C(N)=O)C(=O)[C@@H](N(C)C)C3CC1C2. The number of aromatic hydroxyl groups is 1. The van der Waals surface area contributed by atoms with E-state index in [-0.39, 0.29) is 36.2 Å². The lowest BCUT2D eigenvalue weighted by Crippen LogP contribution is -2.65. The van der Waals surface area contributed by atoms with Crippen LogP contribution in [0.15, 0.2) is 23.0 Å². The molecule has 0 bridgehead atoms. The third kappa shape index (κ3) is 4.20. The number of benzene rings is 1. The molecule has 0 aliphatic heterocycles. The van der Waals surface area contributed by atoms with Crippen LogP contribution >= 0.6 is 0 Å². The summed E-state index contributed by atoms with van der Waals surface area (Å²) in [6.45, 7) is -0.244. The quantitative estimate of drug-likeness (QED) is 0.123. The Kier molecular flexibility index (Phi) is 7.40. The van der Waals surface area contributed by atoms with E-state index in [1.165, 1.54) is 32.2 Å². The van der Waals surface area contributed by atoms with Crippen LogP contribution in [0.5, 0.6) is 5.75 Å². The van der Waals surface area contributed by atoms with Crippen LogP contribution in [0.1, 0.15) is 17.5 Å². The molecular weight excluding hydrogens is 526 g/mol. The van der Waals surface area contributed by atoms with E-state index < -0.39 is 69.7 Å². The highest BCUT2D eigenvalue weighted by atomic mass is 16.6. The van der Waals surface area contributed by atoms with Gasteiger partial charge in [-0.15, -0.1) is 0 Å². The zero-order chi connectivity index (χ0) is 29.8. The molecular formula is C26H33N5O9. The van der Waals surface area contributed by atoms with Crippen molar-refractivity contribution in [1.82, 2.24) is 10.4 Å². The predicted molar refractivity (Wildman–Crippen MR) is 142 cm³/mol. The molecule has 1 aromatic rings. The fraction of sp³-hybridized carbons (Fsp3) is 0.462. The normalized spacial score (nSPS) is 25.9. The van der Waals surface area contributed by atoms with Gasteiger partial charge in [-0.1, -0.05) is 0 Å². The summed E-state index contributed by atoms with van der Waals surface area (Å²) in [5.74, 6) is -8.01. The van der Waals surface area contributed by atoms with E-state index in [1.807, 2.05) is 0 Å². The van der Waals surface area contributed by atoms with Crippen molar-refractivity contribution < 1.29 is 44.4 Å². The number of Topliss-reactive ketones (excluding diaryl/α,β-unsaturated/α-hetero) is 2. The summed E-state index contributed by atoms with van der Waals surface area (Å²) in [4.78, 5) is 59.4. The first-order chi connectivity index (χ1) is 18.7. The Morgan fingerprint density at radius 3 is 2.38 bits per heavy atom. The number of aliphatic hydroxyl groups is 3. The number of phenols is 1. The molecule has 14 nitrogen and oxygen atoms in total. The minimum Gasteiger partial charge on any atom is -0.508 e. The smallest absolute Gasteiger partial charge is 0.255 e. The van der Waals surface area contributed by atoms with Crippen molar-refractivity contribution in [3.8, 4) is 5.75 Å². The Hall–Kier alpha value is -3.98. The third-order valence-corrected chi connectivity index (χ3v) is 7.83. The van der Waals surface area contributed by atoms with E-state index in [4.69, 9.17) is 5.73 Å². The summed E-state index contributed by atoms with van der Waals surface area (Å²) >= 11 is 0. The average molecular weight is 560 g/mol. The van der Waals surface area contributed by atoms with Gasteiger partial charge in [-0.2, -0.15) is 5.48 Å². The van der Waals surface area contributed by atoms with Crippen molar-refractivity contribution in [2.45, 2.75) is 24.5 Å². The summed E-state index contributed by atoms with van der Waals surface area (Å²) in [6, 6.07) is 0.357. The van der Waals surface area contributed by atoms with Gasteiger partial charge in [0.1, 0.15) is 29.4 Å². The van der Waals surface area contributed by atoms with Gasteiger partial charge in [0, 0.05) is 31.3 Å². The molecule has 2 unspecified atom stereocenters. The number of hydrogen-bond donors (Lipinski definition) is 7. The van der Waals surface area contributed by atoms with Crippen LogP contribution in [-0.2, 0) is 30.4 Å². The highest BCUT2D eigenvalue weighted by molar-refractivity contribution is 6.24. The summed E-state index contributed by atoms with van der Waals surface area (Å²) in [5.41, 5.74) is 4.65. The molecule has 2 amide bonds. The summed E-state index contributed by atoms with van der Waals surface area (Å²) < 4.78 is 0. The highest BCUT2D eigenvalue weighted by Crippen LogP contribution is 2.54. The van der Waals surface area contributed by atoms with Crippen LogP contribution in [0.3, 0.4) is 0 Å². The second kappa shape index (κ2) is 10.2. The van der Waals surface area contributed by atoms with Crippen molar-refractivity contribution in [2.75, 3.05) is 52.1 Å².